The molecule has 0 saturated heterocycles. The number of benzene rings is 2. The number of carbonyl (C=O) groups excluding carboxylic acids is 1. The Bertz CT molecular complexity index is 923. The van der Waals surface area contributed by atoms with Crippen LogP contribution in [0.5, 0.6) is 0 Å². The average molecular weight is 389 g/mol. The van der Waals surface area contributed by atoms with E-state index in [0.717, 1.165) is 33.7 Å². The van der Waals surface area contributed by atoms with Crippen LogP contribution in [0.1, 0.15) is 41.6 Å². The maximum Gasteiger partial charge on any atom is 0.241 e. The molecule has 0 radical (unpaired) electrons. The predicted molar refractivity (Wildman–Crippen MR) is 110 cm³/mol. The smallest absolute Gasteiger partial charge is 0.241 e. The van der Waals surface area contributed by atoms with Crippen LogP contribution in [0.4, 0.5) is 5.69 Å². The van der Waals surface area contributed by atoms with E-state index < -0.39 is 10.0 Å². The number of aryl methyl sites for hydroxylation is 3. The number of para-hydroxylation sites is 1. The first-order valence-corrected chi connectivity index (χ1v) is 10.9. The van der Waals surface area contributed by atoms with E-state index in [0.29, 0.717) is 5.69 Å². The largest absolute Gasteiger partial charge is 0.348 e. The summed E-state index contributed by atoms with van der Waals surface area (Å²) < 4.78 is 25.7. The van der Waals surface area contributed by atoms with Gasteiger partial charge in [-0.1, -0.05) is 48.9 Å². The van der Waals surface area contributed by atoms with Crippen molar-refractivity contribution in [3.05, 3.63) is 64.7 Å². The number of hydrogen-bond acceptors (Lipinski definition) is 3. The summed E-state index contributed by atoms with van der Waals surface area (Å²) in [5.74, 6) is -0.324. The summed E-state index contributed by atoms with van der Waals surface area (Å²) in [6.07, 6.45) is 1.84. The van der Waals surface area contributed by atoms with Crippen LogP contribution in [-0.2, 0) is 14.8 Å². The van der Waals surface area contributed by atoms with Gasteiger partial charge in [-0.2, -0.15) is 0 Å². The monoisotopic (exact) mass is 388 g/mol. The molecular weight excluding hydrogens is 360 g/mol. The number of hydrogen-bond donors (Lipinski definition) is 1. The molecule has 0 heterocycles. The lowest BCUT2D eigenvalue weighted by atomic mass is 9.97. The number of nitrogens with one attached hydrogen (secondary N) is 1. The van der Waals surface area contributed by atoms with Crippen molar-refractivity contribution >= 4 is 21.6 Å². The van der Waals surface area contributed by atoms with Crippen molar-refractivity contribution in [1.82, 2.24) is 5.32 Å². The normalized spacial score (nSPS) is 12.5. The highest BCUT2D eigenvalue weighted by atomic mass is 32.2. The molecule has 0 unspecified atom stereocenters. The molecular formula is C21H28N2O3S. The van der Waals surface area contributed by atoms with Gasteiger partial charge in [0.05, 0.1) is 18.0 Å². The van der Waals surface area contributed by atoms with E-state index in [4.69, 9.17) is 0 Å². The maximum absolute atomic E-state index is 12.7. The molecule has 0 spiro atoms. The Labute approximate surface area is 162 Å². The van der Waals surface area contributed by atoms with Gasteiger partial charge in [0.15, 0.2) is 0 Å². The third-order valence-electron chi connectivity index (χ3n) is 4.62. The minimum atomic E-state index is -3.58. The molecule has 146 valence electrons. The topological polar surface area (TPSA) is 66.5 Å². The SMILES string of the molecule is CC[C@@H](NC(=O)CN(c1ccccc1C)S(C)(=O)=O)c1ccc(C)cc1C. The highest BCUT2D eigenvalue weighted by molar-refractivity contribution is 7.92. The van der Waals surface area contributed by atoms with Gasteiger partial charge in [0.2, 0.25) is 15.9 Å². The summed E-state index contributed by atoms with van der Waals surface area (Å²) in [4.78, 5) is 12.7. The van der Waals surface area contributed by atoms with E-state index >= 15 is 0 Å². The molecule has 0 fully saturated rings. The minimum Gasteiger partial charge on any atom is -0.348 e. The van der Waals surface area contributed by atoms with Crippen molar-refractivity contribution in [3.8, 4) is 0 Å². The fourth-order valence-electron chi connectivity index (χ4n) is 3.21. The van der Waals surface area contributed by atoms with E-state index in [-0.39, 0.29) is 18.5 Å². The van der Waals surface area contributed by atoms with Crippen LogP contribution >= 0.6 is 0 Å². The number of amides is 1. The molecule has 0 aliphatic heterocycles. The molecule has 0 aromatic heterocycles. The molecule has 0 bridgehead atoms. The van der Waals surface area contributed by atoms with Gasteiger partial charge in [-0.3, -0.25) is 9.10 Å². The van der Waals surface area contributed by atoms with Gasteiger partial charge in [-0.25, -0.2) is 8.42 Å². The van der Waals surface area contributed by atoms with Crippen LogP contribution in [0.3, 0.4) is 0 Å². The Kier molecular flexibility index (Phi) is 6.65. The van der Waals surface area contributed by atoms with Crippen LogP contribution in [0.15, 0.2) is 42.5 Å². The molecule has 6 heteroatoms. The fraction of sp³-hybridized carbons (Fsp3) is 0.381. The molecule has 1 N–H and O–H groups in total. The number of nitrogens with zero attached hydrogens (tertiary/aromatic N) is 1. The molecule has 0 aliphatic rings. The minimum absolute atomic E-state index is 0.156. The molecule has 2 rings (SSSR count). The van der Waals surface area contributed by atoms with Crippen LogP contribution < -0.4 is 9.62 Å². The van der Waals surface area contributed by atoms with E-state index in [1.54, 1.807) is 12.1 Å². The molecule has 27 heavy (non-hydrogen) atoms. The zero-order valence-electron chi connectivity index (χ0n) is 16.6. The van der Waals surface area contributed by atoms with Crippen molar-refractivity contribution in [2.45, 2.75) is 40.2 Å². The van der Waals surface area contributed by atoms with Crippen LogP contribution in [0, 0.1) is 20.8 Å². The Hall–Kier alpha value is -2.34. The lowest BCUT2D eigenvalue weighted by molar-refractivity contribution is -0.120. The summed E-state index contributed by atoms with van der Waals surface area (Å²) in [7, 11) is -3.58. The third kappa shape index (κ3) is 5.32. The zero-order valence-corrected chi connectivity index (χ0v) is 17.4. The Morgan fingerprint density at radius 3 is 2.30 bits per heavy atom. The highest BCUT2D eigenvalue weighted by Crippen LogP contribution is 2.24. The Morgan fingerprint density at radius 1 is 1.07 bits per heavy atom. The Balaban J connectivity index is 2.23. The molecule has 5 nitrogen and oxygen atoms in total. The molecule has 1 amide bonds. The van der Waals surface area contributed by atoms with Gasteiger partial charge in [0, 0.05) is 0 Å². The van der Waals surface area contributed by atoms with Crippen molar-refractivity contribution in [1.29, 1.82) is 0 Å². The summed E-state index contributed by atoms with van der Waals surface area (Å²) in [6, 6.07) is 13.1. The van der Waals surface area contributed by atoms with Gasteiger partial charge in [0.1, 0.15) is 6.54 Å². The fourth-order valence-corrected chi connectivity index (χ4v) is 4.12. The standard InChI is InChI=1S/C21H28N2O3S/c1-6-19(18-12-11-15(2)13-17(18)4)22-21(24)14-23(27(5,25)26)20-10-8-7-9-16(20)3/h7-13,19H,6,14H2,1-5H3,(H,22,24)/t19-/m1/s1. The molecule has 2 aromatic rings. The number of sulfonamides is 1. The quantitative estimate of drug-likeness (QED) is 0.787. The molecule has 1 atom stereocenters. The first-order valence-electron chi connectivity index (χ1n) is 9.03. The maximum atomic E-state index is 12.7. The molecule has 2 aromatic carbocycles. The average Bonchev–Trinajstić information content (AvgIpc) is 2.58. The van der Waals surface area contributed by atoms with Gasteiger partial charge in [0.25, 0.3) is 0 Å². The van der Waals surface area contributed by atoms with Crippen molar-refractivity contribution in [2.24, 2.45) is 0 Å². The van der Waals surface area contributed by atoms with Gasteiger partial charge < -0.3 is 5.32 Å². The van der Waals surface area contributed by atoms with E-state index in [1.165, 1.54) is 5.56 Å². The lowest BCUT2D eigenvalue weighted by Gasteiger charge is -2.26. The summed E-state index contributed by atoms with van der Waals surface area (Å²) in [6.45, 7) is 7.64. The second-order valence-electron chi connectivity index (χ2n) is 6.94. The summed E-state index contributed by atoms with van der Waals surface area (Å²) in [5, 5.41) is 2.99. The van der Waals surface area contributed by atoms with Crippen molar-refractivity contribution in [2.75, 3.05) is 17.1 Å². The summed E-state index contributed by atoms with van der Waals surface area (Å²) in [5.41, 5.74) is 4.66. The van der Waals surface area contributed by atoms with Crippen LogP contribution in [-0.4, -0.2) is 27.1 Å². The van der Waals surface area contributed by atoms with E-state index in [1.807, 2.05) is 52.0 Å². The van der Waals surface area contributed by atoms with Gasteiger partial charge >= 0.3 is 0 Å². The van der Waals surface area contributed by atoms with E-state index in [9.17, 15) is 13.2 Å². The second-order valence-corrected chi connectivity index (χ2v) is 8.85. The van der Waals surface area contributed by atoms with Crippen molar-refractivity contribution in [3.63, 3.8) is 0 Å². The van der Waals surface area contributed by atoms with E-state index in [2.05, 4.69) is 11.4 Å². The number of rotatable bonds is 7. The van der Waals surface area contributed by atoms with Gasteiger partial charge in [-0.15, -0.1) is 0 Å². The Morgan fingerprint density at radius 2 is 1.74 bits per heavy atom. The second kappa shape index (κ2) is 8.57. The first-order chi connectivity index (χ1) is 12.6. The van der Waals surface area contributed by atoms with Crippen LogP contribution in [0.2, 0.25) is 0 Å². The zero-order chi connectivity index (χ0) is 20.2. The molecule has 0 saturated carbocycles. The third-order valence-corrected chi connectivity index (χ3v) is 5.74. The first kappa shape index (κ1) is 21.0. The highest BCUT2D eigenvalue weighted by Gasteiger charge is 2.24. The number of carbonyl (C=O) groups is 1. The summed E-state index contributed by atoms with van der Waals surface area (Å²) >= 11 is 0. The number of anilines is 1. The van der Waals surface area contributed by atoms with Crippen LogP contribution in [0.25, 0.3) is 0 Å². The lowest BCUT2D eigenvalue weighted by Crippen LogP contribution is -2.41. The predicted octanol–water partition coefficient (Wildman–Crippen LogP) is 3.65. The van der Waals surface area contributed by atoms with Gasteiger partial charge in [-0.05, 0) is 49.9 Å². The molecule has 0 aliphatic carbocycles. The van der Waals surface area contributed by atoms with Crippen molar-refractivity contribution < 1.29 is 13.2 Å².